The van der Waals surface area contributed by atoms with Crippen LogP contribution in [0.1, 0.15) is 4.88 Å². The minimum Gasteiger partial charge on any atom is -0.497 e. The van der Waals surface area contributed by atoms with Crippen molar-refractivity contribution in [3.63, 3.8) is 0 Å². The Bertz CT molecular complexity index is 730. The first kappa shape index (κ1) is 19.8. The number of hydrogen-bond donors (Lipinski definition) is 1. The number of carbonyl (C=O) groups is 1. The number of rotatable bonds is 7. The van der Waals surface area contributed by atoms with E-state index in [1.807, 2.05) is 35.2 Å². The standard InChI is InChI=1S/C19H24ClN3O3S/c1-25-15-2-4-16(5-3-15)26-13-8-21-19(24)23-11-9-22(10-12-23)14-17-6-7-18(20)27-17/h2-7H,8-14H2,1H3,(H,21,24). The zero-order chi connectivity index (χ0) is 19.1. The first-order chi connectivity index (χ1) is 13.1. The van der Waals surface area contributed by atoms with Crippen molar-refractivity contribution in [3.8, 4) is 11.5 Å². The molecule has 146 valence electrons. The molecule has 6 nitrogen and oxygen atoms in total. The molecule has 27 heavy (non-hydrogen) atoms. The summed E-state index contributed by atoms with van der Waals surface area (Å²) < 4.78 is 11.5. The largest absolute Gasteiger partial charge is 0.497 e. The van der Waals surface area contributed by atoms with Gasteiger partial charge in [0.25, 0.3) is 0 Å². The molecule has 2 heterocycles. The summed E-state index contributed by atoms with van der Waals surface area (Å²) in [6.07, 6.45) is 0. The Balaban J connectivity index is 1.32. The summed E-state index contributed by atoms with van der Waals surface area (Å²) in [5, 5.41) is 2.92. The van der Waals surface area contributed by atoms with E-state index >= 15 is 0 Å². The lowest BCUT2D eigenvalue weighted by atomic mass is 10.3. The molecule has 1 fully saturated rings. The average molecular weight is 410 g/mol. The molecule has 2 amide bonds. The van der Waals surface area contributed by atoms with E-state index in [4.69, 9.17) is 21.1 Å². The third kappa shape index (κ3) is 6.02. The van der Waals surface area contributed by atoms with Crippen molar-refractivity contribution >= 4 is 29.0 Å². The third-order valence-electron chi connectivity index (χ3n) is 4.37. The molecule has 0 atom stereocenters. The Labute approximate surface area is 168 Å². The van der Waals surface area contributed by atoms with E-state index in [2.05, 4.69) is 16.3 Å². The summed E-state index contributed by atoms with van der Waals surface area (Å²) in [5.74, 6) is 1.55. The van der Waals surface area contributed by atoms with Gasteiger partial charge in [0.2, 0.25) is 0 Å². The van der Waals surface area contributed by atoms with Gasteiger partial charge < -0.3 is 19.7 Å². The lowest BCUT2D eigenvalue weighted by Crippen LogP contribution is -2.51. The zero-order valence-corrected chi connectivity index (χ0v) is 16.9. The average Bonchev–Trinajstić information content (AvgIpc) is 3.10. The van der Waals surface area contributed by atoms with E-state index in [1.165, 1.54) is 4.88 Å². The van der Waals surface area contributed by atoms with Gasteiger partial charge in [-0.15, -0.1) is 11.3 Å². The molecular weight excluding hydrogens is 386 g/mol. The fourth-order valence-corrected chi connectivity index (χ4v) is 4.01. The number of amides is 2. The third-order valence-corrected chi connectivity index (χ3v) is 5.59. The lowest BCUT2D eigenvalue weighted by molar-refractivity contribution is 0.135. The van der Waals surface area contributed by atoms with Crippen molar-refractivity contribution in [1.82, 2.24) is 15.1 Å². The van der Waals surface area contributed by atoms with Crippen molar-refractivity contribution in [2.75, 3.05) is 46.4 Å². The van der Waals surface area contributed by atoms with Crippen molar-refractivity contribution in [2.45, 2.75) is 6.54 Å². The molecule has 1 saturated heterocycles. The quantitative estimate of drug-likeness (QED) is 0.713. The number of nitrogens with zero attached hydrogens (tertiary/aromatic N) is 2. The second-order valence-corrected chi connectivity index (χ2v) is 8.02. The molecule has 0 unspecified atom stereocenters. The van der Waals surface area contributed by atoms with Gasteiger partial charge in [-0.25, -0.2) is 4.79 Å². The highest BCUT2D eigenvalue weighted by Crippen LogP contribution is 2.23. The minimum absolute atomic E-state index is 0.0350. The molecule has 0 bridgehead atoms. The topological polar surface area (TPSA) is 54.0 Å². The van der Waals surface area contributed by atoms with Crippen LogP contribution in [0.4, 0.5) is 4.79 Å². The second-order valence-electron chi connectivity index (χ2n) is 6.22. The highest BCUT2D eigenvalue weighted by Gasteiger charge is 2.21. The maximum absolute atomic E-state index is 12.3. The summed E-state index contributed by atoms with van der Waals surface area (Å²) >= 11 is 7.59. The molecule has 0 saturated carbocycles. The van der Waals surface area contributed by atoms with Crippen LogP contribution in [0.2, 0.25) is 4.34 Å². The number of halogens is 1. The normalized spacial score (nSPS) is 14.8. The Morgan fingerprint density at radius 2 is 1.81 bits per heavy atom. The number of carbonyl (C=O) groups excluding carboxylic acids is 1. The summed E-state index contributed by atoms with van der Waals surface area (Å²) in [4.78, 5) is 17.7. The predicted molar refractivity (Wildman–Crippen MR) is 108 cm³/mol. The maximum atomic E-state index is 12.3. The Morgan fingerprint density at radius 1 is 1.11 bits per heavy atom. The lowest BCUT2D eigenvalue weighted by Gasteiger charge is -2.34. The van der Waals surface area contributed by atoms with Gasteiger partial charge in [0.05, 0.1) is 18.0 Å². The highest BCUT2D eigenvalue weighted by molar-refractivity contribution is 7.16. The van der Waals surface area contributed by atoms with E-state index in [-0.39, 0.29) is 6.03 Å². The van der Waals surface area contributed by atoms with Crippen molar-refractivity contribution in [3.05, 3.63) is 45.6 Å². The van der Waals surface area contributed by atoms with Gasteiger partial charge in [-0.2, -0.15) is 0 Å². The van der Waals surface area contributed by atoms with Gasteiger partial charge in [0.1, 0.15) is 18.1 Å². The van der Waals surface area contributed by atoms with Crippen LogP contribution in [0, 0.1) is 0 Å². The van der Waals surface area contributed by atoms with Gasteiger partial charge in [0, 0.05) is 37.6 Å². The predicted octanol–water partition coefficient (Wildman–Crippen LogP) is 3.32. The fraction of sp³-hybridized carbons (Fsp3) is 0.421. The van der Waals surface area contributed by atoms with Gasteiger partial charge in [-0.1, -0.05) is 11.6 Å². The molecule has 1 aliphatic rings. The van der Waals surface area contributed by atoms with E-state index in [0.29, 0.717) is 13.2 Å². The maximum Gasteiger partial charge on any atom is 0.317 e. The van der Waals surface area contributed by atoms with Crippen LogP contribution in [0.15, 0.2) is 36.4 Å². The molecule has 3 rings (SSSR count). The molecule has 1 N–H and O–H groups in total. The Hall–Kier alpha value is -1.96. The van der Waals surface area contributed by atoms with Crippen LogP contribution >= 0.6 is 22.9 Å². The van der Waals surface area contributed by atoms with E-state index in [0.717, 1.165) is 48.6 Å². The zero-order valence-electron chi connectivity index (χ0n) is 15.3. The molecule has 0 aliphatic carbocycles. The number of nitrogens with one attached hydrogen (secondary N) is 1. The Morgan fingerprint density at radius 3 is 2.44 bits per heavy atom. The van der Waals surface area contributed by atoms with Gasteiger partial charge in [0.15, 0.2) is 0 Å². The number of thiophene rings is 1. The van der Waals surface area contributed by atoms with Gasteiger partial charge in [-0.05, 0) is 36.4 Å². The number of ether oxygens (including phenoxy) is 2. The molecule has 0 spiro atoms. The summed E-state index contributed by atoms with van der Waals surface area (Å²) in [7, 11) is 1.63. The molecular formula is C19H24ClN3O3S. The number of hydrogen-bond acceptors (Lipinski definition) is 5. The van der Waals surface area contributed by atoms with Crippen molar-refractivity contribution in [1.29, 1.82) is 0 Å². The van der Waals surface area contributed by atoms with Crippen LogP contribution in [-0.4, -0.2) is 62.3 Å². The first-order valence-electron chi connectivity index (χ1n) is 8.90. The summed E-state index contributed by atoms with van der Waals surface area (Å²) in [5.41, 5.74) is 0. The van der Waals surface area contributed by atoms with E-state index in [9.17, 15) is 4.79 Å². The van der Waals surface area contributed by atoms with E-state index < -0.39 is 0 Å². The van der Waals surface area contributed by atoms with Crippen LogP contribution < -0.4 is 14.8 Å². The summed E-state index contributed by atoms with van der Waals surface area (Å²) in [6.45, 7) is 4.98. The van der Waals surface area contributed by atoms with Crippen molar-refractivity contribution in [2.24, 2.45) is 0 Å². The fourth-order valence-electron chi connectivity index (χ4n) is 2.88. The molecule has 1 aliphatic heterocycles. The molecule has 0 radical (unpaired) electrons. The first-order valence-corrected chi connectivity index (χ1v) is 10.1. The van der Waals surface area contributed by atoms with Crippen LogP contribution in [0.3, 0.4) is 0 Å². The molecule has 1 aromatic carbocycles. The smallest absolute Gasteiger partial charge is 0.317 e. The second kappa shape index (κ2) is 9.82. The minimum atomic E-state index is -0.0350. The monoisotopic (exact) mass is 409 g/mol. The van der Waals surface area contributed by atoms with Crippen molar-refractivity contribution < 1.29 is 14.3 Å². The summed E-state index contributed by atoms with van der Waals surface area (Å²) in [6, 6.07) is 11.3. The number of urea groups is 1. The van der Waals surface area contributed by atoms with Crippen LogP contribution in [0.5, 0.6) is 11.5 Å². The number of methoxy groups -OCH3 is 1. The molecule has 8 heteroatoms. The molecule has 1 aromatic heterocycles. The Kier molecular flexibility index (Phi) is 7.20. The number of piperazine rings is 1. The van der Waals surface area contributed by atoms with Gasteiger partial charge >= 0.3 is 6.03 Å². The van der Waals surface area contributed by atoms with Crippen LogP contribution in [-0.2, 0) is 6.54 Å². The molecule has 2 aromatic rings. The van der Waals surface area contributed by atoms with E-state index in [1.54, 1.807) is 18.4 Å². The number of benzene rings is 1. The SMILES string of the molecule is COc1ccc(OCCNC(=O)N2CCN(Cc3ccc(Cl)s3)CC2)cc1. The van der Waals surface area contributed by atoms with Gasteiger partial charge in [-0.3, -0.25) is 4.90 Å². The van der Waals surface area contributed by atoms with Crippen LogP contribution in [0.25, 0.3) is 0 Å². The highest BCUT2D eigenvalue weighted by atomic mass is 35.5.